The molecule has 0 N–H and O–H groups in total. The zero-order valence-corrected chi connectivity index (χ0v) is 33.5. The molecule has 278 valence electrons. The molecule has 6 aromatic carbocycles. The van der Waals surface area contributed by atoms with Crippen LogP contribution in [0.5, 0.6) is 11.5 Å². The average Bonchev–Trinajstić information content (AvgIpc) is 3.79. The number of nitrogens with zero attached hydrogens (tertiary/aromatic N) is 6. The summed E-state index contributed by atoms with van der Waals surface area (Å²) in [5.74, 6) is 1.26. The normalized spacial score (nSPS) is 13.6. The number of nitriles is 1. The SMILES string of the molecule is [2H]C([2H])([2H])[n+]1[c-]n(-c2[c-]c(Oc3[c-]c4c(cc3C#N)N3B(c5ccccc5-c5ccccc5-c5ccccc53)N4c3cc(C(C)(C)C)ccn3)ccc2)c2ccccc21.[Pt]. The third-order valence-corrected chi connectivity index (χ3v) is 10.6. The molecule has 57 heavy (non-hydrogen) atoms. The van der Waals surface area contributed by atoms with E-state index in [-0.39, 0.29) is 37.8 Å². The Morgan fingerprint density at radius 1 is 0.772 bits per heavy atom. The molecule has 9 heteroatoms. The van der Waals surface area contributed by atoms with Crippen LogP contribution in [0.25, 0.3) is 39.0 Å². The van der Waals surface area contributed by atoms with Crippen molar-refractivity contribution in [1.29, 1.82) is 5.26 Å². The molecule has 0 amide bonds. The van der Waals surface area contributed by atoms with Crippen molar-refractivity contribution in [2.45, 2.75) is 26.2 Å². The Hall–Kier alpha value is -6.42. The van der Waals surface area contributed by atoms with Crippen LogP contribution in [0.1, 0.15) is 36.0 Å². The van der Waals surface area contributed by atoms with E-state index in [9.17, 15) is 5.26 Å². The molecule has 4 heterocycles. The summed E-state index contributed by atoms with van der Waals surface area (Å²) in [4.78, 5) is 9.52. The second kappa shape index (κ2) is 14.0. The Bertz CT molecular complexity index is 3030. The van der Waals surface area contributed by atoms with Gasteiger partial charge in [-0.1, -0.05) is 129 Å². The van der Waals surface area contributed by atoms with E-state index in [1.807, 2.05) is 36.5 Å². The first kappa shape index (κ1) is 32.8. The molecule has 2 aromatic heterocycles. The molecule has 0 saturated carbocycles. The fourth-order valence-electron chi connectivity index (χ4n) is 8.01. The second-order valence-corrected chi connectivity index (χ2v) is 15.0. The molecule has 2 aliphatic heterocycles. The van der Waals surface area contributed by atoms with Gasteiger partial charge in [-0.3, -0.25) is 0 Å². The third kappa shape index (κ3) is 5.93. The minimum Gasteiger partial charge on any atom is -0.509 e. The van der Waals surface area contributed by atoms with E-state index in [0.29, 0.717) is 28.2 Å². The van der Waals surface area contributed by atoms with Gasteiger partial charge in [0.2, 0.25) is 6.33 Å². The minimum atomic E-state index is -2.44. The molecule has 2 aliphatic rings. The molecule has 7 nitrogen and oxygen atoms in total. The molecule has 0 radical (unpaired) electrons. The Kier molecular flexibility index (Phi) is 8.03. The summed E-state index contributed by atoms with van der Waals surface area (Å²) in [6, 6.07) is 53.3. The summed E-state index contributed by atoms with van der Waals surface area (Å²) in [5, 5.41) is 10.8. The van der Waals surface area contributed by atoms with Gasteiger partial charge in [-0.05, 0) is 56.9 Å². The molecule has 10 rings (SSSR count). The number of para-hydroxylation sites is 3. The van der Waals surface area contributed by atoms with Gasteiger partial charge >= 0.3 is 6.98 Å². The van der Waals surface area contributed by atoms with Gasteiger partial charge in [0, 0.05) is 56.1 Å². The van der Waals surface area contributed by atoms with E-state index >= 15 is 0 Å². The van der Waals surface area contributed by atoms with Crippen LogP contribution >= 0.6 is 0 Å². The standard InChI is InChI=1S/C48H35BN6O.Pt/c1-48(2,3)33-24-25-51-47(27-33)55-45-29-46(56-35-15-13-14-34(28-35)53-31-52(4)42-22-11-12-23-43(42)53)32(30-50)26-44(45)54-41-21-10-8-19-39(41)37-17-6-5-16-36(37)38-18-7-9-20-40(38)49(54)55;/h5-27H,1-4H3;/q-2;/i4D3;. The van der Waals surface area contributed by atoms with E-state index in [2.05, 4.69) is 134 Å². The first-order chi connectivity index (χ1) is 28.5. The number of anilines is 4. The van der Waals surface area contributed by atoms with Crippen molar-refractivity contribution in [3.05, 3.63) is 169 Å². The molecule has 0 atom stereocenters. The van der Waals surface area contributed by atoms with Gasteiger partial charge < -0.3 is 23.5 Å². The molecule has 0 fully saturated rings. The summed E-state index contributed by atoms with van der Waals surface area (Å²) in [5.41, 5.74) is 10.8. The summed E-state index contributed by atoms with van der Waals surface area (Å²) in [6.07, 6.45) is 4.86. The number of imidazole rings is 1. The Morgan fingerprint density at radius 3 is 2.28 bits per heavy atom. The Balaban J connectivity index is 0.00000462. The number of hydrogen-bond donors (Lipinski definition) is 0. The third-order valence-electron chi connectivity index (χ3n) is 10.6. The van der Waals surface area contributed by atoms with Crippen molar-refractivity contribution in [3.8, 4) is 45.5 Å². The molecular weight excluding hydrogens is 882 g/mol. The predicted octanol–water partition coefficient (Wildman–Crippen LogP) is 9.54. The van der Waals surface area contributed by atoms with Crippen LogP contribution in [-0.2, 0) is 33.5 Å². The summed E-state index contributed by atoms with van der Waals surface area (Å²) in [6.45, 7) is 3.70. The number of ether oxygens (including phenoxy) is 1. The van der Waals surface area contributed by atoms with Crippen LogP contribution in [0.4, 0.5) is 22.9 Å². The smallest absolute Gasteiger partial charge is 0.409 e. The van der Waals surface area contributed by atoms with Crippen molar-refractivity contribution in [2.24, 2.45) is 6.98 Å². The molecule has 0 aliphatic carbocycles. The largest absolute Gasteiger partial charge is 0.509 e. The van der Waals surface area contributed by atoms with Crippen LogP contribution < -0.4 is 24.4 Å². The zero-order valence-electron chi connectivity index (χ0n) is 34.3. The first-order valence-electron chi connectivity index (χ1n) is 20.0. The van der Waals surface area contributed by atoms with Crippen LogP contribution in [0, 0.1) is 29.8 Å². The van der Waals surface area contributed by atoms with E-state index in [1.165, 1.54) is 0 Å². The van der Waals surface area contributed by atoms with Crippen LogP contribution in [-0.4, -0.2) is 16.5 Å². The number of fused-ring (bicyclic) bond motifs is 11. The molecule has 0 spiro atoms. The van der Waals surface area contributed by atoms with Gasteiger partial charge in [-0.15, -0.1) is 24.3 Å². The van der Waals surface area contributed by atoms with Crippen molar-refractivity contribution in [1.82, 2.24) is 9.55 Å². The Labute approximate surface area is 351 Å². The van der Waals surface area contributed by atoms with E-state index in [4.69, 9.17) is 13.8 Å². The number of benzene rings is 6. The summed E-state index contributed by atoms with van der Waals surface area (Å²) < 4.78 is 33.7. The van der Waals surface area contributed by atoms with E-state index < -0.39 is 14.0 Å². The van der Waals surface area contributed by atoms with E-state index in [0.717, 1.165) is 55.0 Å². The van der Waals surface area contributed by atoms with Crippen molar-refractivity contribution in [3.63, 3.8) is 0 Å². The molecule has 0 unspecified atom stereocenters. The average molecular weight is 921 g/mol. The van der Waals surface area contributed by atoms with Crippen LogP contribution in [0.15, 0.2) is 140 Å². The van der Waals surface area contributed by atoms with Crippen LogP contribution in [0.2, 0.25) is 0 Å². The summed E-state index contributed by atoms with van der Waals surface area (Å²) in [7, 11) is 0. The first-order valence-corrected chi connectivity index (χ1v) is 18.5. The van der Waals surface area contributed by atoms with Gasteiger partial charge in [-0.25, -0.2) is 10.2 Å². The number of aromatic nitrogens is 3. The van der Waals surface area contributed by atoms with Gasteiger partial charge in [0.25, 0.3) is 0 Å². The van der Waals surface area contributed by atoms with Crippen LogP contribution in [0.3, 0.4) is 0 Å². The molecule has 0 saturated heterocycles. The number of hydrogen-bond acceptors (Lipinski definition) is 5. The fraction of sp³-hybridized carbons (Fsp3) is 0.104. The minimum absolute atomic E-state index is 0. The number of pyridine rings is 1. The van der Waals surface area contributed by atoms with Crippen molar-refractivity contribution in [2.75, 3.05) is 9.62 Å². The molecule has 0 bridgehead atoms. The van der Waals surface area contributed by atoms with Gasteiger partial charge in [0.05, 0.1) is 22.1 Å². The Morgan fingerprint density at radius 2 is 1.49 bits per heavy atom. The quantitative estimate of drug-likeness (QED) is 0.100. The zero-order chi connectivity index (χ0) is 40.6. The topological polar surface area (TPSA) is 61.2 Å². The maximum atomic E-state index is 10.8. The van der Waals surface area contributed by atoms with Gasteiger partial charge in [-0.2, -0.15) is 12.1 Å². The van der Waals surface area contributed by atoms with Gasteiger partial charge in [0.15, 0.2) is 0 Å². The van der Waals surface area contributed by atoms with E-state index in [1.54, 1.807) is 28.8 Å². The maximum absolute atomic E-state index is 10.8. The monoisotopic (exact) mass is 920 g/mol. The summed E-state index contributed by atoms with van der Waals surface area (Å²) >= 11 is 0. The maximum Gasteiger partial charge on any atom is 0.409 e. The van der Waals surface area contributed by atoms with Crippen molar-refractivity contribution >= 4 is 46.4 Å². The fourth-order valence-corrected chi connectivity index (χ4v) is 8.01. The predicted molar refractivity (Wildman–Crippen MR) is 222 cm³/mol. The van der Waals surface area contributed by atoms with Gasteiger partial charge in [0.1, 0.15) is 5.82 Å². The number of rotatable bonds is 4. The second-order valence-electron chi connectivity index (χ2n) is 15.0. The molecular formula is C48H35BN6OPt-2. The number of aryl methyl sites for hydroxylation is 1. The van der Waals surface area contributed by atoms with Crippen molar-refractivity contribution < 1.29 is 34.5 Å². The molecule has 8 aromatic rings.